The van der Waals surface area contributed by atoms with Crippen molar-refractivity contribution in [2.24, 2.45) is 17.7 Å². The zero-order chi connectivity index (χ0) is 9.14. The Balaban J connectivity index is 2.20. The van der Waals surface area contributed by atoms with Crippen molar-refractivity contribution in [1.29, 1.82) is 0 Å². The number of rotatable bonds is 3. The van der Waals surface area contributed by atoms with Crippen molar-refractivity contribution in [2.45, 2.75) is 13.8 Å². The molecule has 4 nitrogen and oxygen atoms in total. The second kappa shape index (κ2) is 3.87. The average Bonchev–Trinajstić information content (AvgIpc) is 1.82. The maximum absolute atomic E-state index is 11.2. The second-order valence-electron chi connectivity index (χ2n) is 3.68. The molecule has 0 spiro atoms. The van der Waals surface area contributed by atoms with Gasteiger partial charge in [0, 0.05) is 13.1 Å². The quantitative estimate of drug-likeness (QED) is 0.447. The highest BCUT2D eigenvalue weighted by atomic mass is 16.2. The highest BCUT2D eigenvalue weighted by Crippen LogP contribution is 2.22. The number of hydrazine groups is 1. The molecule has 70 valence electrons. The third kappa shape index (κ3) is 1.95. The lowest BCUT2D eigenvalue weighted by atomic mass is 9.88. The molecule has 1 heterocycles. The first-order chi connectivity index (χ1) is 5.65. The van der Waals surface area contributed by atoms with Crippen molar-refractivity contribution < 1.29 is 4.79 Å². The fraction of sp³-hybridized carbons (Fsp3) is 0.875. The van der Waals surface area contributed by atoms with Gasteiger partial charge in [-0.05, 0) is 11.8 Å². The van der Waals surface area contributed by atoms with Crippen molar-refractivity contribution >= 4 is 5.91 Å². The van der Waals surface area contributed by atoms with E-state index in [4.69, 9.17) is 5.84 Å². The standard InChI is InChI=1S/C8H17N3O/c1-6(2)7-4-11(5-7)8(12)3-10-9/h6-7,10H,3-5,9H2,1-2H3. The molecule has 1 rings (SSSR count). The zero-order valence-electron chi connectivity index (χ0n) is 7.71. The highest BCUT2D eigenvalue weighted by molar-refractivity contribution is 5.78. The van der Waals surface area contributed by atoms with Gasteiger partial charge in [-0.2, -0.15) is 0 Å². The second-order valence-corrected chi connectivity index (χ2v) is 3.68. The lowest BCUT2D eigenvalue weighted by Gasteiger charge is -2.41. The van der Waals surface area contributed by atoms with Crippen LogP contribution < -0.4 is 11.3 Å². The van der Waals surface area contributed by atoms with Crippen LogP contribution in [0.5, 0.6) is 0 Å². The molecule has 1 amide bonds. The Bertz CT molecular complexity index is 164. The summed E-state index contributed by atoms with van der Waals surface area (Å²) in [6.45, 7) is 6.43. The van der Waals surface area contributed by atoms with Crippen LogP contribution in [0.25, 0.3) is 0 Å². The van der Waals surface area contributed by atoms with Gasteiger partial charge in [-0.1, -0.05) is 13.8 Å². The number of nitrogens with two attached hydrogens (primary N) is 1. The Labute approximate surface area is 73.1 Å². The molecule has 0 radical (unpaired) electrons. The molecule has 0 aliphatic carbocycles. The van der Waals surface area contributed by atoms with Crippen LogP contribution in [-0.4, -0.2) is 30.4 Å². The molecule has 3 N–H and O–H groups in total. The lowest BCUT2D eigenvalue weighted by Crippen LogP contribution is -2.54. The summed E-state index contributed by atoms with van der Waals surface area (Å²) in [6, 6.07) is 0. The molecule has 1 aliphatic rings. The number of nitrogens with zero attached hydrogens (tertiary/aromatic N) is 1. The topological polar surface area (TPSA) is 58.4 Å². The first kappa shape index (κ1) is 9.48. The van der Waals surface area contributed by atoms with Crippen molar-refractivity contribution in [2.75, 3.05) is 19.6 Å². The Morgan fingerprint density at radius 1 is 1.67 bits per heavy atom. The van der Waals surface area contributed by atoms with E-state index in [0.29, 0.717) is 11.8 Å². The van der Waals surface area contributed by atoms with Crippen LogP contribution in [-0.2, 0) is 4.79 Å². The molecule has 0 aromatic carbocycles. The number of hydrogen-bond acceptors (Lipinski definition) is 3. The fourth-order valence-electron chi connectivity index (χ4n) is 1.34. The van der Waals surface area contributed by atoms with E-state index in [2.05, 4.69) is 19.3 Å². The van der Waals surface area contributed by atoms with Crippen LogP contribution in [0.15, 0.2) is 0 Å². The van der Waals surface area contributed by atoms with Gasteiger partial charge in [0.2, 0.25) is 5.91 Å². The summed E-state index contributed by atoms with van der Waals surface area (Å²) >= 11 is 0. The normalized spacial score (nSPS) is 18.2. The van der Waals surface area contributed by atoms with Gasteiger partial charge in [-0.3, -0.25) is 16.1 Å². The van der Waals surface area contributed by atoms with E-state index >= 15 is 0 Å². The Hall–Kier alpha value is -0.610. The Morgan fingerprint density at radius 3 is 2.67 bits per heavy atom. The first-order valence-electron chi connectivity index (χ1n) is 4.36. The number of carbonyl (C=O) groups is 1. The van der Waals surface area contributed by atoms with Crippen molar-refractivity contribution in [1.82, 2.24) is 10.3 Å². The zero-order valence-corrected chi connectivity index (χ0v) is 7.71. The molecule has 0 aromatic rings. The predicted octanol–water partition coefficient (Wildman–Crippen LogP) is -0.436. The minimum absolute atomic E-state index is 0.106. The van der Waals surface area contributed by atoms with Gasteiger partial charge < -0.3 is 4.90 Å². The summed E-state index contributed by atoms with van der Waals surface area (Å²) in [5, 5.41) is 0. The number of nitrogens with one attached hydrogen (secondary N) is 1. The van der Waals surface area contributed by atoms with E-state index in [1.165, 1.54) is 0 Å². The van der Waals surface area contributed by atoms with Crippen LogP contribution in [0, 0.1) is 11.8 Å². The van der Waals surface area contributed by atoms with E-state index in [9.17, 15) is 4.79 Å². The molecule has 0 bridgehead atoms. The molecule has 1 aliphatic heterocycles. The summed E-state index contributed by atoms with van der Waals surface area (Å²) in [5.41, 5.74) is 2.37. The van der Waals surface area contributed by atoms with E-state index in [0.717, 1.165) is 13.1 Å². The summed E-state index contributed by atoms with van der Waals surface area (Å²) in [7, 11) is 0. The minimum atomic E-state index is 0.106. The highest BCUT2D eigenvalue weighted by Gasteiger charge is 2.31. The van der Waals surface area contributed by atoms with Gasteiger partial charge in [-0.25, -0.2) is 0 Å². The number of hydrogen-bond donors (Lipinski definition) is 2. The van der Waals surface area contributed by atoms with Gasteiger partial charge in [0.1, 0.15) is 0 Å². The van der Waals surface area contributed by atoms with E-state index in [-0.39, 0.29) is 12.5 Å². The molecule has 0 aromatic heterocycles. The molecule has 1 fully saturated rings. The molecular formula is C8H17N3O. The molecule has 1 saturated heterocycles. The fourth-order valence-corrected chi connectivity index (χ4v) is 1.34. The maximum Gasteiger partial charge on any atom is 0.237 e. The van der Waals surface area contributed by atoms with Crippen LogP contribution >= 0.6 is 0 Å². The molecular weight excluding hydrogens is 154 g/mol. The van der Waals surface area contributed by atoms with Gasteiger partial charge >= 0.3 is 0 Å². The first-order valence-corrected chi connectivity index (χ1v) is 4.36. The van der Waals surface area contributed by atoms with Crippen LogP contribution in [0.4, 0.5) is 0 Å². The molecule has 0 saturated carbocycles. The smallest absolute Gasteiger partial charge is 0.237 e. The molecule has 0 unspecified atom stereocenters. The van der Waals surface area contributed by atoms with Gasteiger partial charge in [-0.15, -0.1) is 0 Å². The number of likely N-dealkylation sites (tertiary alicyclic amines) is 1. The Kier molecular flexibility index (Phi) is 3.05. The van der Waals surface area contributed by atoms with E-state index in [1.54, 1.807) is 0 Å². The molecule has 12 heavy (non-hydrogen) atoms. The summed E-state index contributed by atoms with van der Waals surface area (Å²) < 4.78 is 0. The van der Waals surface area contributed by atoms with Crippen LogP contribution in [0.1, 0.15) is 13.8 Å². The number of carbonyl (C=O) groups excluding carboxylic acids is 1. The van der Waals surface area contributed by atoms with Crippen molar-refractivity contribution in [3.63, 3.8) is 0 Å². The van der Waals surface area contributed by atoms with E-state index < -0.39 is 0 Å². The average molecular weight is 171 g/mol. The van der Waals surface area contributed by atoms with Gasteiger partial charge in [0.15, 0.2) is 0 Å². The van der Waals surface area contributed by atoms with Crippen molar-refractivity contribution in [3.8, 4) is 0 Å². The largest absolute Gasteiger partial charge is 0.341 e. The maximum atomic E-state index is 11.2. The lowest BCUT2D eigenvalue weighted by molar-refractivity contribution is -0.137. The van der Waals surface area contributed by atoms with Crippen LogP contribution in [0.3, 0.4) is 0 Å². The third-order valence-electron chi connectivity index (χ3n) is 2.46. The summed E-state index contributed by atoms with van der Waals surface area (Å²) in [5.74, 6) is 6.52. The minimum Gasteiger partial charge on any atom is -0.341 e. The summed E-state index contributed by atoms with van der Waals surface area (Å²) in [6.07, 6.45) is 0. The third-order valence-corrected chi connectivity index (χ3v) is 2.46. The SMILES string of the molecule is CC(C)C1CN(C(=O)CNN)C1. The van der Waals surface area contributed by atoms with Crippen LogP contribution in [0.2, 0.25) is 0 Å². The van der Waals surface area contributed by atoms with Crippen molar-refractivity contribution in [3.05, 3.63) is 0 Å². The monoisotopic (exact) mass is 171 g/mol. The predicted molar refractivity (Wildman–Crippen MR) is 47.1 cm³/mol. The molecule has 0 atom stereocenters. The summed E-state index contributed by atoms with van der Waals surface area (Å²) in [4.78, 5) is 13.0. The van der Waals surface area contributed by atoms with Gasteiger partial charge in [0.25, 0.3) is 0 Å². The van der Waals surface area contributed by atoms with E-state index in [1.807, 2.05) is 4.90 Å². The number of amides is 1. The van der Waals surface area contributed by atoms with Gasteiger partial charge in [0.05, 0.1) is 6.54 Å². The molecule has 4 heteroatoms. The Morgan fingerprint density at radius 2 is 2.25 bits per heavy atom.